The molecule has 2 N–H and O–H groups in total. The predicted molar refractivity (Wildman–Crippen MR) is 63.6 cm³/mol. The highest BCUT2D eigenvalue weighted by molar-refractivity contribution is 5.68. The molecule has 5 nitrogen and oxygen atoms in total. The van der Waals surface area contributed by atoms with E-state index >= 15 is 0 Å². The van der Waals surface area contributed by atoms with Crippen LogP contribution in [0.25, 0.3) is 0 Å². The Balaban J connectivity index is 2.00. The van der Waals surface area contributed by atoms with Crippen LogP contribution in [0.3, 0.4) is 0 Å². The second kappa shape index (κ2) is 4.39. The van der Waals surface area contributed by atoms with Gasteiger partial charge in [-0.2, -0.15) is 5.10 Å². The number of fused-ring (bicyclic) bond motifs is 1. The zero-order valence-corrected chi connectivity index (χ0v) is 10.5. The van der Waals surface area contributed by atoms with Crippen LogP contribution in [0.15, 0.2) is 6.20 Å². The quantitative estimate of drug-likeness (QED) is 0.787. The Morgan fingerprint density at radius 3 is 3.06 bits per heavy atom. The number of H-pyrrole nitrogens is 1. The first kappa shape index (κ1) is 12.0. The van der Waals surface area contributed by atoms with Gasteiger partial charge in [0.15, 0.2) is 0 Å². The Hall–Kier alpha value is -1.52. The van der Waals surface area contributed by atoms with E-state index in [2.05, 4.69) is 15.5 Å². The fourth-order valence-corrected chi connectivity index (χ4v) is 2.06. The minimum atomic E-state index is -0.463. The van der Waals surface area contributed by atoms with Crippen molar-refractivity contribution in [3.8, 4) is 0 Å². The van der Waals surface area contributed by atoms with E-state index in [1.54, 1.807) is 0 Å². The number of alkyl carbamates (subject to hydrolysis) is 1. The first-order valence-electron chi connectivity index (χ1n) is 5.97. The van der Waals surface area contributed by atoms with Crippen LogP contribution in [0.2, 0.25) is 0 Å². The molecule has 1 amide bonds. The maximum absolute atomic E-state index is 11.7. The Morgan fingerprint density at radius 1 is 1.59 bits per heavy atom. The third-order valence-corrected chi connectivity index (χ3v) is 2.73. The number of nitrogens with zero attached hydrogens (tertiary/aromatic N) is 1. The van der Waals surface area contributed by atoms with Gasteiger partial charge in [-0.05, 0) is 45.6 Å². The van der Waals surface area contributed by atoms with E-state index in [0.717, 1.165) is 25.0 Å². The molecule has 0 fully saturated rings. The molecule has 17 heavy (non-hydrogen) atoms. The lowest BCUT2D eigenvalue weighted by Gasteiger charge is -2.25. The molecular weight excluding hydrogens is 218 g/mol. The Morgan fingerprint density at radius 2 is 2.35 bits per heavy atom. The van der Waals surface area contributed by atoms with Crippen LogP contribution in [0.1, 0.15) is 50.9 Å². The van der Waals surface area contributed by atoms with Crippen LogP contribution in [0.5, 0.6) is 0 Å². The van der Waals surface area contributed by atoms with Crippen LogP contribution in [0, 0.1) is 0 Å². The Bertz CT molecular complexity index is 406. The number of hydrogen-bond acceptors (Lipinski definition) is 3. The molecule has 0 spiro atoms. The van der Waals surface area contributed by atoms with Gasteiger partial charge in [-0.15, -0.1) is 0 Å². The minimum Gasteiger partial charge on any atom is -0.444 e. The number of ether oxygens (including phenoxy) is 1. The van der Waals surface area contributed by atoms with Crippen molar-refractivity contribution in [2.75, 3.05) is 0 Å². The van der Waals surface area contributed by atoms with Gasteiger partial charge in [0.25, 0.3) is 0 Å². The zero-order valence-electron chi connectivity index (χ0n) is 10.5. The summed E-state index contributed by atoms with van der Waals surface area (Å²) >= 11 is 0. The van der Waals surface area contributed by atoms with Crippen LogP contribution < -0.4 is 5.32 Å². The number of rotatable bonds is 1. The van der Waals surface area contributed by atoms with Crippen LogP contribution in [0.4, 0.5) is 4.79 Å². The number of aromatic nitrogens is 2. The first-order valence-corrected chi connectivity index (χ1v) is 5.97. The van der Waals surface area contributed by atoms with Gasteiger partial charge < -0.3 is 10.1 Å². The van der Waals surface area contributed by atoms with E-state index in [1.807, 2.05) is 27.0 Å². The largest absolute Gasteiger partial charge is 0.444 e. The highest BCUT2D eigenvalue weighted by atomic mass is 16.6. The molecule has 0 aromatic carbocycles. The number of hydrogen-bond donors (Lipinski definition) is 2. The number of carbonyl (C=O) groups excluding carboxylic acids is 1. The van der Waals surface area contributed by atoms with Gasteiger partial charge in [-0.25, -0.2) is 4.79 Å². The Kier molecular flexibility index (Phi) is 3.09. The van der Waals surface area contributed by atoms with Gasteiger partial charge in [-0.3, -0.25) is 5.10 Å². The monoisotopic (exact) mass is 237 g/mol. The average Bonchev–Trinajstić information content (AvgIpc) is 2.63. The molecule has 94 valence electrons. The number of aromatic amines is 1. The number of nitrogens with one attached hydrogen (secondary N) is 2. The van der Waals surface area contributed by atoms with Gasteiger partial charge >= 0.3 is 6.09 Å². The molecule has 0 saturated carbocycles. The lowest BCUT2D eigenvalue weighted by Crippen LogP contribution is -2.36. The van der Waals surface area contributed by atoms with E-state index in [0.29, 0.717) is 0 Å². The molecule has 0 radical (unpaired) electrons. The van der Waals surface area contributed by atoms with E-state index in [4.69, 9.17) is 4.74 Å². The minimum absolute atomic E-state index is 0.00361. The summed E-state index contributed by atoms with van der Waals surface area (Å²) in [6.07, 6.45) is 4.47. The van der Waals surface area contributed by atoms with Crippen LogP contribution in [-0.2, 0) is 11.2 Å². The van der Waals surface area contributed by atoms with E-state index in [1.165, 1.54) is 5.56 Å². The number of amides is 1. The fourth-order valence-electron chi connectivity index (χ4n) is 2.06. The van der Waals surface area contributed by atoms with Crippen molar-refractivity contribution in [2.45, 2.75) is 51.7 Å². The molecular formula is C12H19N3O2. The molecule has 2 rings (SSSR count). The molecule has 0 bridgehead atoms. The predicted octanol–water partition coefficient (Wildman–Crippen LogP) is 2.31. The summed E-state index contributed by atoms with van der Waals surface area (Å²) < 4.78 is 5.25. The molecule has 1 aliphatic rings. The first-order chi connectivity index (χ1) is 7.96. The van der Waals surface area contributed by atoms with Crippen LogP contribution >= 0.6 is 0 Å². The van der Waals surface area contributed by atoms with Crippen molar-refractivity contribution >= 4 is 6.09 Å². The van der Waals surface area contributed by atoms with E-state index in [9.17, 15) is 4.79 Å². The molecule has 1 aliphatic carbocycles. The lowest BCUT2D eigenvalue weighted by molar-refractivity contribution is 0.0497. The normalized spacial score (nSPS) is 19.6. The van der Waals surface area contributed by atoms with Crippen molar-refractivity contribution in [1.82, 2.24) is 15.5 Å². The van der Waals surface area contributed by atoms with Crippen molar-refractivity contribution in [3.05, 3.63) is 17.5 Å². The molecule has 0 unspecified atom stereocenters. The average molecular weight is 237 g/mol. The smallest absolute Gasteiger partial charge is 0.408 e. The molecule has 1 heterocycles. The van der Waals surface area contributed by atoms with Gasteiger partial charge in [0.1, 0.15) is 5.60 Å². The zero-order chi connectivity index (χ0) is 12.5. The highest BCUT2D eigenvalue weighted by Crippen LogP contribution is 2.27. The standard InChI is InChI=1S/C12H19N3O2/c1-12(2,3)17-11(16)14-9-6-4-5-8-7-13-15-10(8)9/h7,9H,4-6H2,1-3H3,(H,13,15)(H,14,16)/t9-/m0/s1. The summed E-state index contributed by atoms with van der Waals surface area (Å²) in [6.45, 7) is 5.57. The SMILES string of the molecule is CC(C)(C)OC(=O)N[C@H]1CCCc2cn[nH]c21. The number of carbonyl (C=O) groups is 1. The molecule has 0 aliphatic heterocycles. The van der Waals surface area contributed by atoms with E-state index in [-0.39, 0.29) is 12.1 Å². The Labute approximate surface area is 101 Å². The molecule has 0 saturated heterocycles. The molecule has 1 atom stereocenters. The summed E-state index contributed by atoms with van der Waals surface area (Å²) in [7, 11) is 0. The lowest BCUT2D eigenvalue weighted by atomic mass is 9.94. The number of aryl methyl sites for hydroxylation is 1. The second-order valence-electron chi connectivity index (χ2n) is 5.40. The summed E-state index contributed by atoms with van der Waals surface area (Å²) in [5.74, 6) is 0. The third-order valence-electron chi connectivity index (χ3n) is 2.73. The van der Waals surface area contributed by atoms with Gasteiger partial charge in [0, 0.05) is 0 Å². The maximum Gasteiger partial charge on any atom is 0.408 e. The molecule has 1 aromatic rings. The van der Waals surface area contributed by atoms with Gasteiger partial charge in [0.2, 0.25) is 0 Å². The topological polar surface area (TPSA) is 67.0 Å². The van der Waals surface area contributed by atoms with Crippen molar-refractivity contribution in [2.24, 2.45) is 0 Å². The summed E-state index contributed by atoms with van der Waals surface area (Å²) in [6, 6.07) is -0.00361. The van der Waals surface area contributed by atoms with E-state index < -0.39 is 5.60 Å². The van der Waals surface area contributed by atoms with Crippen LogP contribution in [-0.4, -0.2) is 21.9 Å². The van der Waals surface area contributed by atoms with Gasteiger partial charge in [0.05, 0.1) is 17.9 Å². The van der Waals surface area contributed by atoms with Crippen molar-refractivity contribution in [1.29, 1.82) is 0 Å². The summed E-state index contributed by atoms with van der Waals surface area (Å²) in [5, 5.41) is 9.86. The molecule has 5 heteroatoms. The summed E-state index contributed by atoms with van der Waals surface area (Å²) in [4.78, 5) is 11.7. The van der Waals surface area contributed by atoms with Crippen molar-refractivity contribution < 1.29 is 9.53 Å². The maximum atomic E-state index is 11.7. The third kappa shape index (κ3) is 2.99. The highest BCUT2D eigenvalue weighted by Gasteiger charge is 2.25. The second-order valence-corrected chi connectivity index (χ2v) is 5.40. The van der Waals surface area contributed by atoms with Gasteiger partial charge in [-0.1, -0.05) is 0 Å². The fraction of sp³-hybridized carbons (Fsp3) is 0.667. The van der Waals surface area contributed by atoms with Crippen molar-refractivity contribution in [3.63, 3.8) is 0 Å². The molecule has 1 aromatic heterocycles. The summed E-state index contributed by atoms with van der Waals surface area (Å²) in [5.41, 5.74) is 1.75.